The van der Waals surface area contributed by atoms with Crippen LogP contribution >= 0.6 is 0 Å². The summed E-state index contributed by atoms with van der Waals surface area (Å²) < 4.78 is 25.7. The van der Waals surface area contributed by atoms with Crippen molar-refractivity contribution in [3.05, 3.63) is 59.7 Å². The summed E-state index contributed by atoms with van der Waals surface area (Å²) in [4.78, 5) is 2.65. The fourth-order valence-electron chi connectivity index (χ4n) is 2.81. The molecule has 0 saturated carbocycles. The Hall–Kier alpha value is -1.85. The van der Waals surface area contributed by atoms with E-state index in [1.807, 2.05) is 18.2 Å². The lowest BCUT2D eigenvalue weighted by molar-refractivity contribution is 0.520. The molecule has 0 saturated heterocycles. The first-order valence-electron chi connectivity index (χ1n) is 7.33. The Morgan fingerprint density at radius 1 is 1.09 bits per heavy atom. The maximum absolute atomic E-state index is 12.2. The minimum absolute atomic E-state index is 0.350. The van der Waals surface area contributed by atoms with E-state index in [-0.39, 0.29) is 0 Å². The normalized spacial score (nSPS) is 14.4. The highest BCUT2D eigenvalue weighted by atomic mass is 32.2. The average molecular weight is 316 g/mol. The zero-order valence-electron chi connectivity index (χ0n) is 12.9. The molecule has 0 unspecified atom stereocenters. The number of para-hydroxylation sites is 1. The molecule has 2 aromatic carbocycles. The Labute approximate surface area is 132 Å². The molecule has 116 valence electrons. The molecular weight excluding hydrogens is 296 g/mol. The predicted octanol–water partition coefficient (Wildman–Crippen LogP) is 2.50. The Morgan fingerprint density at radius 2 is 1.86 bits per heavy atom. The molecule has 5 heteroatoms. The van der Waals surface area contributed by atoms with Gasteiger partial charge in [0.2, 0.25) is 10.0 Å². The summed E-state index contributed by atoms with van der Waals surface area (Å²) >= 11 is 0. The Kier molecular flexibility index (Phi) is 3.93. The number of nitrogens with zero attached hydrogens (tertiary/aromatic N) is 2. The van der Waals surface area contributed by atoms with Gasteiger partial charge in [-0.25, -0.2) is 12.7 Å². The maximum Gasteiger partial charge on any atom is 0.242 e. The van der Waals surface area contributed by atoms with Crippen LogP contribution in [0.4, 0.5) is 5.69 Å². The van der Waals surface area contributed by atoms with Crippen molar-refractivity contribution in [1.82, 2.24) is 4.31 Å². The van der Waals surface area contributed by atoms with Gasteiger partial charge in [-0.05, 0) is 35.7 Å². The summed E-state index contributed by atoms with van der Waals surface area (Å²) in [6.45, 7) is 1.71. The van der Waals surface area contributed by atoms with Crippen molar-refractivity contribution in [2.24, 2.45) is 0 Å². The highest BCUT2D eigenvalue weighted by Gasteiger charge is 2.20. The maximum atomic E-state index is 12.2. The van der Waals surface area contributed by atoms with Crippen LogP contribution in [0.5, 0.6) is 0 Å². The molecule has 0 aromatic heterocycles. The second-order valence-electron chi connectivity index (χ2n) is 5.74. The minimum Gasteiger partial charge on any atom is -0.367 e. The standard InChI is InChI=1S/C17H20N2O2S/c1-18(2)22(20,21)16-8-5-6-14(12-16)13-19-11-10-15-7-3-4-9-17(15)19/h3-9,12H,10-11,13H2,1-2H3. The number of benzene rings is 2. The van der Waals surface area contributed by atoms with Gasteiger partial charge in [0.25, 0.3) is 0 Å². The summed E-state index contributed by atoms with van der Waals surface area (Å²) in [7, 11) is -0.270. The van der Waals surface area contributed by atoms with E-state index in [9.17, 15) is 8.42 Å². The monoisotopic (exact) mass is 316 g/mol. The van der Waals surface area contributed by atoms with Crippen LogP contribution in [0.2, 0.25) is 0 Å². The molecule has 1 heterocycles. The van der Waals surface area contributed by atoms with Gasteiger partial charge in [-0.15, -0.1) is 0 Å². The number of hydrogen-bond donors (Lipinski definition) is 0. The molecule has 22 heavy (non-hydrogen) atoms. The van der Waals surface area contributed by atoms with Gasteiger partial charge in [0.1, 0.15) is 0 Å². The second kappa shape index (κ2) is 5.74. The van der Waals surface area contributed by atoms with Crippen LogP contribution in [-0.2, 0) is 23.0 Å². The van der Waals surface area contributed by atoms with E-state index in [2.05, 4.69) is 23.1 Å². The zero-order chi connectivity index (χ0) is 15.7. The predicted molar refractivity (Wildman–Crippen MR) is 88.5 cm³/mol. The molecule has 0 atom stereocenters. The topological polar surface area (TPSA) is 40.6 Å². The Bertz CT molecular complexity index is 785. The first-order valence-corrected chi connectivity index (χ1v) is 8.77. The lowest BCUT2D eigenvalue weighted by Crippen LogP contribution is -2.23. The van der Waals surface area contributed by atoms with Crippen molar-refractivity contribution in [3.63, 3.8) is 0 Å². The van der Waals surface area contributed by atoms with Crippen LogP contribution in [0.25, 0.3) is 0 Å². The fraction of sp³-hybridized carbons (Fsp3) is 0.294. The zero-order valence-corrected chi connectivity index (χ0v) is 13.7. The molecule has 2 aromatic rings. The van der Waals surface area contributed by atoms with E-state index in [1.165, 1.54) is 15.6 Å². The van der Waals surface area contributed by atoms with Crippen molar-refractivity contribution in [2.75, 3.05) is 25.5 Å². The fourth-order valence-corrected chi connectivity index (χ4v) is 3.78. The summed E-state index contributed by atoms with van der Waals surface area (Å²) in [5.74, 6) is 0. The number of sulfonamides is 1. The first kappa shape index (κ1) is 15.1. The van der Waals surface area contributed by atoms with Gasteiger partial charge in [-0.3, -0.25) is 0 Å². The van der Waals surface area contributed by atoms with Crippen molar-refractivity contribution < 1.29 is 8.42 Å². The molecule has 0 radical (unpaired) electrons. The third-order valence-corrected chi connectivity index (χ3v) is 5.84. The van der Waals surface area contributed by atoms with E-state index in [0.717, 1.165) is 25.1 Å². The van der Waals surface area contributed by atoms with E-state index in [4.69, 9.17) is 0 Å². The molecule has 0 N–H and O–H groups in total. The summed E-state index contributed by atoms with van der Waals surface area (Å²) in [5, 5.41) is 0. The van der Waals surface area contributed by atoms with Crippen LogP contribution < -0.4 is 4.90 Å². The quantitative estimate of drug-likeness (QED) is 0.870. The van der Waals surface area contributed by atoms with Gasteiger partial charge in [-0.1, -0.05) is 30.3 Å². The SMILES string of the molecule is CN(C)S(=O)(=O)c1cccc(CN2CCc3ccccc32)c1. The highest BCUT2D eigenvalue weighted by Crippen LogP contribution is 2.29. The largest absolute Gasteiger partial charge is 0.367 e. The van der Waals surface area contributed by atoms with Crippen molar-refractivity contribution in [2.45, 2.75) is 17.9 Å². The summed E-state index contributed by atoms with van der Waals surface area (Å²) in [6, 6.07) is 15.6. The van der Waals surface area contributed by atoms with Gasteiger partial charge in [0.05, 0.1) is 4.90 Å². The Balaban J connectivity index is 1.86. The molecule has 0 fully saturated rings. The summed E-state index contributed by atoms with van der Waals surface area (Å²) in [6.07, 6.45) is 1.05. The van der Waals surface area contributed by atoms with Crippen LogP contribution in [0.1, 0.15) is 11.1 Å². The Morgan fingerprint density at radius 3 is 2.64 bits per heavy atom. The molecular formula is C17H20N2O2S. The molecule has 0 spiro atoms. The average Bonchev–Trinajstić information content (AvgIpc) is 2.91. The number of rotatable bonds is 4. The van der Waals surface area contributed by atoms with E-state index in [1.54, 1.807) is 26.2 Å². The van der Waals surface area contributed by atoms with E-state index < -0.39 is 10.0 Å². The van der Waals surface area contributed by atoms with Crippen molar-refractivity contribution in [3.8, 4) is 0 Å². The molecule has 1 aliphatic heterocycles. The molecule has 0 amide bonds. The lowest BCUT2D eigenvalue weighted by atomic mass is 10.1. The molecule has 0 aliphatic carbocycles. The van der Waals surface area contributed by atoms with Gasteiger partial charge in [-0.2, -0.15) is 0 Å². The number of anilines is 1. The van der Waals surface area contributed by atoms with E-state index >= 15 is 0 Å². The van der Waals surface area contributed by atoms with Crippen LogP contribution in [0, 0.1) is 0 Å². The van der Waals surface area contributed by atoms with Crippen molar-refractivity contribution >= 4 is 15.7 Å². The molecule has 0 bridgehead atoms. The lowest BCUT2D eigenvalue weighted by Gasteiger charge is -2.20. The number of fused-ring (bicyclic) bond motifs is 1. The van der Waals surface area contributed by atoms with Gasteiger partial charge in [0, 0.05) is 32.9 Å². The van der Waals surface area contributed by atoms with Crippen molar-refractivity contribution in [1.29, 1.82) is 0 Å². The first-order chi connectivity index (χ1) is 10.5. The van der Waals surface area contributed by atoms with Gasteiger partial charge >= 0.3 is 0 Å². The smallest absolute Gasteiger partial charge is 0.242 e. The van der Waals surface area contributed by atoms with Crippen LogP contribution in [0.15, 0.2) is 53.4 Å². The van der Waals surface area contributed by atoms with E-state index in [0.29, 0.717) is 4.90 Å². The molecule has 3 rings (SSSR count). The highest BCUT2D eigenvalue weighted by molar-refractivity contribution is 7.89. The third-order valence-electron chi connectivity index (χ3n) is 4.03. The second-order valence-corrected chi connectivity index (χ2v) is 7.89. The van der Waals surface area contributed by atoms with Gasteiger partial charge < -0.3 is 4.90 Å². The number of hydrogen-bond acceptors (Lipinski definition) is 3. The summed E-state index contributed by atoms with van der Waals surface area (Å²) in [5.41, 5.74) is 3.63. The van der Waals surface area contributed by atoms with Crippen LogP contribution in [0.3, 0.4) is 0 Å². The minimum atomic E-state index is -3.38. The van der Waals surface area contributed by atoms with Gasteiger partial charge in [0.15, 0.2) is 0 Å². The third kappa shape index (κ3) is 2.74. The van der Waals surface area contributed by atoms with Crippen LogP contribution in [-0.4, -0.2) is 33.4 Å². The molecule has 1 aliphatic rings. The molecule has 4 nitrogen and oxygen atoms in total.